The number of piperidine rings is 1. The second-order valence-corrected chi connectivity index (χ2v) is 10.4. The van der Waals surface area contributed by atoms with Gasteiger partial charge in [-0.3, -0.25) is 4.79 Å². The third kappa shape index (κ3) is 4.03. The Morgan fingerprint density at radius 3 is 2.69 bits per heavy atom. The van der Waals surface area contributed by atoms with Crippen LogP contribution in [0.1, 0.15) is 61.6 Å². The minimum atomic E-state index is -0.534. The van der Waals surface area contributed by atoms with E-state index in [9.17, 15) is 14.7 Å². The van der Waals surface area contributed by atoms with Gasteiger partial charge in [0.15, 0.2) is 23.0 Å². The average molecular weight is 482 g/mol. The van der Waals surface area contributed by atoms with Gasteiger partial charge >= 0.3 is 5.97 Å². The summed E-state index contributed by atoms with van der Waals surface area (Å²) in [6.45, 7) is 0.833. The topological polar surface area (TPSA) is 85.3 Å². The first-order valence-electron chi connectivity index (χ1n) is 12.7. The maximum absolute atomic E-state index is 13.0. The summed E-state index contributed by atoms with van der Waals surface area (Å²) < 4.78 is 16.6. The van der Waals surface area contributed by atoms with Crippen LogP contribution >= 0.6 is 0 Å². The number of carbonyl (C=O) groups excluding carboxylic acids is 2. The summed E-state index contributed by atoms with van der Waals surface area (Å²) in [5.41, 5.74) is 2.04. The molecule has 1 aromatic rings. The molecule has 1 saturated heterocycles. The summed E-state index contributed by atoms with van der Waals surface area (Å²) in [6, 6.07) is 1.94. The maximum Gasteiger partial charge on any atom is 0.331 e. The van der Waals surface area contributed by atoms with Crippen molar-refractivity contribution >= 4 is 17.8 Å². The lowest BCUT2D eigenvalue weighted by Gasteiger charge is -2.56. The van der Waals surface area contributed by atoms with E-state index in [-0.39, 0.29) is 42.0 Å². The van der Waals surface area contributed by atoms with E-state index in [0.717, 1.165) is 55.3 Å². The molecule has 1 heterocycles. The summed E-state index contributed by atoms with van der Waals surface area (Å²) in [4.78, 5) is 28.0. The molecule has 7 heteroatoms. The number of likely N-dealkylation sites (tertiary alicyclic amines) is 1. The molecule has 0 aromatic heterocycles. The number of phenols is 1. The van der Waals surface area contributed by atoms with Gasteiger partial charge in [0.05, 0.1) is 14.2 Å². The number of methoxy groups -OCH3 is 2. The number of ether oxygens (including phenoxy) is 3. The van der Waals surface area contributed by atoms with Crippen LogP contribution in [0.3, 0.4) is 0 Å². The number of rotatable bonds is 5. The van der Waals surface area contributed by atoms with Gasteiger partial charge in [0, 0.05) is 35.4 Å². The Morgan fingerprint density at radius 2 is 1.97 bits per heavy atom. The molecular formula is C28H35NO6. The average Bonchev–Trinajstić information content (AvgIpc) is 2.85. The number of hydrogen-bond donors (Lipinski definition) is 1. The Hall–Kier alpha value is -2.80. The molecular weight excluding hydrogens is 446 g/mol. The molecule has 1 aliphatic heterocycles. The van der Waals surface area contributed by atoms with Gasteiger partial charge in [0.25, 0.3) is 0 Å². The van der Waals surface area contributed by atoms with E-state index in [1.807, 2.05) is 6.08 Å². The maximum atomic E-state index is 13.0. The van der Waals surface area contributed by atoms with Crippen LogP contribution in [0.25, 0.3) is 6.08 Å². The molecule has 3 aliphatic carbocycles. The highest BCUT2D eigenvalue weighted by Gasteiger charge is 2.57. The summed E-state index contributed by atoms with van der Waals surface area (Å²) >= 11 is 0. The van der Waals surface area contributed by atoms with Crippen LogP contribution in [0.2, 0.25) is 0 Å². The number of nitrogens with zero attached hydrogens (tertiary/aromatic N) is 1. The highest BCUT2D eigenvalue weighted by molar-refractivity contribution is 5.96. The highest BCUT2D eigenvalue weighted by Crippen LogP contribution is 2.58. The number of esters is 1. The largest absolute Gasteiger partial charge is 0.504 e. The molecule has 1 aromatic carbocycles. The first kappa shape index (κ1) is 23.9. The van der Waals surface area contributed by atoms with Gasteiger partial charge in [-0.15, -0.1) is 0 Å². The fourth-order valence-corrected chi connectivity index (χ4v) is 6.82. The number of carbonyl (C=O) groups is 2. The van der Waals surface area contributed by atoms with Crippen LogP contribution in [0.4, 0.5) is 0 Å². The van der Waals surface area contributed by atoms with E-state index in [4.69, 9.17) is 14.2 Å². The number of ketones is 1. The lowest BCUT2D eigenvalue weighted by atomic mass is 9.53. The third-order valence-electron chi connectivity index (χ3n) is 8.60. The molecule has 0 spiro atoms. The van der Waals surface area contributed by atoms with E-state index in [0.29, 0.717) is 17.9 Å². The number of Topliss-reactive ketones (excluding diaryl/α,β-unsaturated/α-hetero) is 1. The Morgan fingerprint density at radius 1 is 1.20 bits per heavy atom. The molecule has 3 atom stereocenters. The van der Waals surface area contributed by atoms with Crippen molar-refractivity contribution in [2.75, 3.05) is 27.8 Å². The lowest BCUT2D eigenvalue weighted by Crippen LogP contribution is -2.60. The number of benzene rings is 1. The summed E-state index contributed by atoms with van der Waals surface area (Å²) in [5.74, 6) is 0.496. The first-order chi connectivity index (χ1) is 16.9. The van der Waals surface area contributed by atoms with E-state index in [1.165, 1.54) is 26.7 Å². The van der Waals surface area contributed by atoms with Crippen molar-refractivity contribution in [3.8, 4) is 11.5 Å². The molecule has 2 bridgehead atoms. The molecule has 1 saturated carbocycles. The molecule has 35 heavy (non-hydrogen) atoms. The molecule has 188 valence electrons. The zero-order chi connectivity index (χ0) is 24.7. The Kier molecular flexibility index (Phi) is 6.38. The molecule has 5 rings (SSSR count). The molecule has 0 amide bonds. The molecule has 0 radical (unpaired) electrons. The van der Waals surface area contributed by atoms with Gasteiger partial charge in [-0.2, -0.15) is 0 Å². The van der Waals surface area contributed by atoms with Crippen molar-refractivity contribution in [2.24, 2.45) is 5.92 Å². The summed E-state index contributed by atoms with van der Waals surface area (Å²) in [6.07, 6.45) is 12.2. The number of allylic oxidation sites excluding steroid dienone is 1. The predicted molar refractivity (Wildman–Crippen MR) is 131 cm³/mol. The van der Waals surface area contributed by atoms with Crippen molar-refractivity contribution in [3.63, 3.8) is 0 Å². The van der Waals surface area contributed by atoms with E-state index < -0.39 is 5.41 Å². The van der Waals surface area contributed by atoms with Crippen LogP contribution in [-0.4, -0.2) is 61.7 Å². The second-order valence-electron chi connectivity index (χ2n) is 10.4. The smallest absolute Gasteiger partial charge is 0.331 e. The van der Waals surface area contributed by atoms with Gasteiger partial charge in [-0.05, 0) is 81.5 Å². The standard InChI is InChI=1S/C28H35NO6/c1-29-12-11-28-16-22(30)23(33-2)15-20(28)21(29)14-19-17(13-24(34-3)27(32)26(19)28)9-10-25(31)35-18-7-5-4-6-8-18/h9-10,13,15,18,20-21,32H,4-8,11-12,14,16H2,1-3H3/b10-9+/t20?,21-,28+/m0/s1. The predicted octanol–water partition coefficient (Wildman–Crippen LogP) is 3.91. The number of phenolic OH excluding ortho intramolecular Hbond substituents is 1. The van der Waals surface area contributed by atoms with Crippen molar-refractivity contribution in [1.82, 2.24) is 4.90 Å². The van der Waals surface area contributed by atoms with Crippen molar-refractivity contribution in [1.29, 1.82) is 0 Å². The minimum Gasteiger partial charge on any atom is -0.504 e. The van der Waals surface area contributed by atoms with Crippen LogP contribution in [-0.2, 0) is 30.9 Å². The second kappa shape index (κ2) is 9.34. The van der Waals surface area contributed by atoms with Gasteiger partial charge in [-0.25, -0.2) is 4.79 Å². The van der Waals surface area contributed by atoms with Gasteiger partial charge in [0.1, 0.15) is 6.10 Å². The van der Waals surface area contributed by atoms with Gasteiger partial charge < -0.3 is 24.2 Å². The minimum absolute atomic E-state index is 0.00755. The molecule has 4 aliphatic rings. The van der Waals surface area contributed by atoms with Crippen LogP contribution in [0, 0.1) is 5.92 Å². The quantitative estimate of drug-likeness (QED) is 0.504. The SMILES string of the molecule is COC1=CC2[C@@H]3Cc4c(/C=C/C(=O)OC5CCCCC5)cc(OC)c(O)c4[C@]2(CCN3C)CC1=O. The van der Waals surface area contributed by atoms with E-state index >= 15 is 0 Å². The van der Waals surface area contributed by atoms with Crippen LogP contribution < -0.4 is 4.74 Å². The third-order valence-corrected chi connectivity index (χ3v) is 8.60. The number of hydrogen-bond acceptors (Lipinski definition) is 7. The lowest BCUT2D eigenvalue weighted by molar-refractivity contribution is -0.144. The molecule has 1 unspecified atom stereocenters. The number of fused-ring (bicyclic) bond motifs is 1. The van der Waals surface area contributed by atoms with Crippen molar-refractivity contribution < 1.29 is 28.9 Å². The fourth-order valence-electron chi connectivity index (χ4n) is 6.82. The fraction of sp³-hybridized carbons (Fsp3) is 0.571. The summed E-state index contributed by atoms with van der Waals surface area (Å²) in [7, 11) is 5.17. The number of aromatic hydroxyl groups is 1. The van der Waals surface area contributed by atoms with Gasteiger partial charge in [0.2, 0.25) is 0 Å². The summed E-state index contributed by atoms with van der Waals surface area (Å²) in [5, 5.41) is 11.4. The van der Waals surface area contributed by atoms with Crippen molar-refractivity contribution in [2.45, 2.75) is 68.9 Å². The van der Waals surface area contributed by atoms with E-state index in [2.05, 4.69) is 11.9 Å². The van der Waals surface area contributed by atoms with Crippen LogP contribution in [0.15, 0.2) is 24.0 Å². The number of likely N-dealkylation sites (N-methyl/N-ethyl adjacent to an activating group) is 1. The molecule has 1 N–H and O–H groups in total. The highest BCUT2D eigenvalue weighted by atomic mass is 16.5. The zero-order valence-electron chi connectivity index (χ0n) is 20.8. The molecule has 7 nitrogen and oxygen atoms in total. The zero-order valence-corrected chi connectivity index (χ0v) is 20.8. The van der Waals surface area contributed by atoms with Gasteiger partial charge in [-0.1, -0.05) is 6.42 Å². The van der Waals surface area contributed by atoms with E-state index in [1.54, 1.807) is 12.1 Å². The molecule has 2 fully saturated rings. The first-order valence-corrected chi connectivity index (χ1v) is 12.7. The normalized spacial score (nSPS) is 28.8. The van der Waals surface area contributed by atoms with Crippen molar-refractivity contribution in [3.05, 3.63) is 40.7 Å². The van der Waals surface area contributed by atoms with Crippen LogP contribution in [0.5, 0.6) is 11.5 Å². The Labute approximate surface area is 206 Å². The Bertz CT molecular complexity index is 1090. The monoisotopic (exact) mass is 481 g/mol. The Balaban J connectivity index is 1.57.